The van der Waals surface area contributed by atoms with Crippen LogP contribution in [0, 0.1) is 0 Å². The van der Waals surface area contributed by atoms with Crippen LogP contribution in [0.3, 0.4) is 0 Å². The first-order valence-corrected chi connectivity index (χ1v) is 7.60. The summed E-state index contributed by atoms with van der Waals surface area (Å²) in [5.74, 6) is 0.569. The number of nitrogens with zero attached hydrogens (tertiary/aromatic N) is 1. The molecule has 2 unspecified atom stereocenters. The monoisotopic (exact) mass is 271 g/mol. The van der Waals surface area contributed by atoms with Crippen LogP contribution in [0.15, 0.2) is 35.5 Å². The highest BCUT2D eigenvalue weighted by atomic mass is 32.2. The first-order valence-electron chi connectivity index (χ1n) is 5.77. The van der Waals surface area contributed by atoms with E-state index in [2.05, 4.69) is 6.58 Å². The molecule has 0 saturated carbocycles. The average Bonchev–Trinajstić information content (AvgIpc) is 2.85. The standard InChI is InChI=1S/C12H17NO4S/c1-2-5-13(7-10-4-3-6-17-10)11-8-18(15,16)9-12(11)14/h2-4,6,11-12,14H,1,5,7-9H2. The summed E-state index contributed by atoms with van der Waals surface area (Å²) in [6, 6.07) is 3.22. The molecule has 1 N–H and O–H groups in total. The molecule has 0 spiro atoms. The van der Waals surface area contributed by atoms with Crippen molar-refractivity contribution in [3.8, 4) is 0 Å². The number of hydrogen-bond acceptors (Lipinski definition) is 5. The normalized spacial score (nSPS) is 26.6. The Morgan fingerprint density at radius 3 is 2.83 bits per heavy atom. The van der Waals surface area contributed by atoms with Gasteiger partial charge in [-0.3, -0.25) is 4.90 Å². The number of aliphatic hydroxyl groups excluding tert-OH is 1. The van der Waals surface area contributed by atoms with Crippen molar-refractivity contribution in [2.45, 2.75) is 18.7 Å². The number of sulfone groups is 1. The number of hydrogen-bond donors (Lipinski definition) is 1. The number of furan rings is 1. The topological polar surface area (TPSA) is 70.8 Å². The summed E-state index contributed by atoms with van der Waals surface area (Å²) in [6.07, 6.45) is 2.43. The zero-order valence-electron chi connectivity index (χ0n) is 10.0. The maximum absolute atomic E-state index is 11.5. The third-order valence-electron chi connectivity index (χ3n) is 3.07. The third-order valence-corrected chi connectivity index (χ3v) is 4.76. The van der Waals surface area contributed by atoms with Crippen molar-refractivity contribution >= 4 is 9.84 Å². The molecule has 0 radical (unpaired) electrons. The van der Waals surface area contributed by atoms with E-state index in [9.17, 15) is 13.5 Å². The number of aliphatic hydroxyl groups is 1. The van der Waals surface area contributed by atoms with Gasteiger partial charge in [0.05, 0.1) is 36.5 Å². The van der Waals surface area contributed by atoms with Gasteiger partial charge in [0, 0.05) is 6.54 Å². The van der Waals surface area contributed by atoms with E-state index in [1.54, 1.807) is 18.4 Å². The summed E-state index contributed by atoms with van der Waals surface area (Å²) < 4.78 is 28.3. The molecular formula is C12H17NO4S. The summed E-state index contributed by atoms with van der Waals surface area (Å²) in [4.78, 5) is 1.88. The van der Waals surface area contributed by atoms with Gasteiger partial charge >= 0.3 is 0 Å². The fraction of sp³-hybridized carbons (Fsp3) is 0.500. The summed E-state index contributed by atoms with van der Waals surface area (Å²) in [5.41, 5.74) is 0. The van der Waals surface area contributed by atoms with E-state index in [1.807, 2.05) is 11.0 Å². The van der Waals surface area contributed by atoms with Crippen molar-refractivity contribution in [2.24, 2.45) is 0 Å². The Labute approximate surface area is 107 Å². The van der Waals surface area contributed by atoms with Gasteiger partial charge in [-0.2, -0.15) is 0 Å². The Morgan fingerprint density at radius 1 is 1.56 bits per heavy atom. The van der Waals surface area contributed by atoms with Crippen molar-refractivity contribution in [1.29, 1.82) is 0 Å². The lowest BCUT2D eigenvalue weighted by Gasteiger charge is -2.28. The Bertz CT molecular complexity index is 494. The molecule has 1 aromatic rings. The molecule has 0 aromatic carbocycles. The van der Waals surface area contributed by atoms with Gasteiger partial charge in [-0.15, -0.1) is 6.58 Å². The highest BCUT2D eigenvalue weighted by Crippen LogP contribution is 2.20. The van der Waals surface area contributed by atoms with E-state index in [-0.39, 0.29) is 11.5 Å². The van der Waals surface area contributed by atoms with Crippen molar-refractivity contribution in [3.05, 3.63) is 36.8 Å². The molecule has 6 heteroatoms. The van der Waals surface area contributed by atoms with Gasteiger partial charge in [0.15, 0.2) is 9.84 Å². The zero-order chi connectivity index (χ0) is 13.2. The quantitative estimate of drug-likeness (QED) is 0.786. The van der Waals surface area contributed by atoms with Gasteiger partial charge in [0.25, 0.3) is 0 Å². The Hall–Kier alpha value is -1.11. The average molecular weight is 271 g/mol. The van der Waals surface area contributed by atoms with Crippen molar-refractivity contribution in [3.63, 3.8) is 0 Å². The Morgan fingerprint density at radius 2 is 2.33 bits per heavy atom. The molecular weight excluding hydrogens is 254 g/mol. The van der Waals surface area contributed by atoms with Gasteiger partial charge in [0.2, 0.25) is 0 Å². The molecule has 2 atom stereocenters. The molecule has 1 aliphatic heterocycles. The minimum atomic E-state index is -3.14. The van der Waals surface area contributed by atoms with Crippen molar-refractivity contribution < 1.29 is 17.9 Å². The van der Waals surface area contributed by atoms with Gasteiger partial charge in [-0.05, 0) is 12.1 Å². The molecule has 100 valence electrons. The first kappa shape index (κ1) is 13.3. The van der Waals surface area contributed by atoms with Crippen LogP contribution >= 0.6 is 0 Å². The first-order chi connectivity index (χ1) is 8.52. The van der Waals surface area contributed by atoms with Gasteiger partial charge in [-0.25, -0.2) is 8.42 Å². The minimum Gasteiger partial charge on any atom is -0.468 e. The molecule has 5 nitrogen and oxygen atoms in total. The van der Waals surface area contributed by atoms with E-state index >= 15 is 0 Å². The predicted octanol–water partition coefficient (Wildman–Crippen LogP) is 0.426. The van der Waals surface area contributed by atoms with Crippen LogP contribution < -0.4 is 0 Å². The van der Waals surface area contributed by atoms with Crippen LogP contribution in [0.25, 0.3) is 0 Å². The van der Waals surface area contributed by atoms with E-state index < -0.39 is 22.0 Å². The maximum Gasteiger partial charge on any atom is 0.154 e. The molecule has 2 heterocycles. The molecule has 0 bridgehead atoms. The Balaban J connectivity index is 2.12. The molecule has 2 rings (SSSR count). The molecule has 0 aliphatic carbocycles. The van der Waals surface area contributed by atoms with E-state index in [4.69, 9.17) is 4.42 Å². The van der Waals surface area contributed by atoms with Gasteiger partial charge < -0.3 is 9.52 Å². The fourth-order valence-corrected chi connectivity index (χ4v) is 4.08. The van der Waals surface area contributed by atoms with E-state index in [1.165, 1.54) is 0 Å². The van der Waals surface area contributed by atoms with E-state index in [0.29, 0.717) is 13.1 Å². The second-order valence-corrected chi connectivity index (χ2v) is 6.66. The summed E-state index contributed by atoms with van der Waals surface area (Å²) in [6.45, 7) is 4.64. The minimum absolute atomic E-state index is 0.0112. The van der Waals surface area contributed by atoms with E-state index in [0.717, 1.165) is 5.76 Å². The summed E-state index contributed by atoms with van der Waals surface area (Å²) >= 11 is 0. The lowest BCUT2D eigenvalue weighted by molar-refractivity contribution is 0.0819. The molecule has 1 saturated heterocycles. The highest BCUT2D eigenvalue weighted by molar-refractivity contribution is 7.91. The van der Waals surface area contributed by atoms with Crippen molar-refractivity contribution in [1.82, 2.24) is 4.90 Å². The van der Waals surface area contributed by atoms with Crippen LogP contribution in [-0.4, -0.2) is 48.6 Å². The van der Waals surface area contributed by atoms with Gasteiger partial charge in [0.1, 0.15) is 5.76 Å². The van der Waals surface area contributed by atoms with Crippen LogP contribution in [0.4, 0.5) is 0 Å². The van der Waals surface area contributed by atoms with Crippen LogP contribution in [0.2, 0.25) is 0 Å². The second-order valence-electron chi connectivity index (χ2n) is 4.51. The molecule has 1 fully saturated rings. The smallest absolute Gasteiger partial charge is 0.154 e. The lowest BCUT2D eigenvalue weighted by atomic mass is 10.1. The molecule has 1 aliphatic rings. The maximum atomic E-state index is 11.5. The number of rotatable bonds is 5. The lowest BCUT2D eigenvalue weighted by Crippen LogP contribution is -2.42. The highest BCUT2D eigenvalue weighted by Gasteiger charge is 2.39. The van der Waals surface area contributed by atoms with Crippen LogP contribution in [0.5, 0.6) is 0 Å². The fourth-order valence-electron chi connectivity index (χ4n) is 2.25. The Kier molecular flexibility index (Phi) is 3.89. The largest absolute Gasteiger partial charge is 0.468 e. The SMILES string of the molecule is C=CCN(Cc1ccco1)C1CS(=O)(=O)CC1O. The summed E-state index contributed by atoms with van der Waals surface area (Å²) in [7, 11) is -3.14. The molecule has 18 heavy (non-hydrogen) atoms. The second kappa shape index (κ2) is 5.26. The predicted molar refractivity (Wildman–Crippen MR) is 67.8 cm³/mol. The molecule has 1 aromatic heterocycles. The third kappa shape index (κ3) is 3.01. The van der Waals surface area contributed by atoms with Gasteiger partial charge in [-0.1, -0.05) is 6.08 Å². The van der Waals surface area contributed by atoms with Crippen LogP contribution in [0.1, 0.15) is 5.76 Å². The van der Waals surface area contributed by atoms with Crippen LogP contribution in [-0.2, 0) is 16.4 Å². The van der Waals surface area contributed by atoms with Crippen molar-refractivity contribution in [2.75, 3.05) is 18.1 Å². The summed E-state index contributed by atoms with van der Waals surface area (Å²) in [5, 5.41) is 9.86. The molecule has 0 amide bonds. The zero-order valence-corrected chi connectivity index (χ0v) is 10.8.